The molecule has 3 rings (SSSR count). The highest BCUT2D eigenvalue weighted by Crippen LogP contribution is 2.27. The summed E-state index contributed by atoms with van der Waals surface area (Å²) in [5.41, 5.74) is 3.70. The van der Waals surface area contributed by atoms with Gasteiger partial charge in [0.25, 0.3) is 11.5 Å². The van der Waals surface area contributed by atoms with Gasteiger partial charge in [0.05, 0.1) is 22.5 Å². The molecule has 0 bridgehead atoms. The third-order valence-electron chi connectivity index (χ3n) is 3.77. The van der Waals surface area contributed by atoms with Gasteiger partial charge in [-0.1, -0.05) is 41.4 Å². The van der Waals surface area contributed by atoms with Crippen molar-refractivity contribution >= 4 is 35.3 Å². The van der Waals surface area contributed by atoms with E-state index in [1.54, 1.807) is 31.2 Å². The van der Waals surface area contributed by atoms with E-state index in [0.717, 1.165) is 0 Å². The molecule has 0 aliphatic carbocycles. The summed E-state index contributed by atoms with van der Waals surface area (Å²) in [5.74, 6) is -0.170. The van der Waals surface area contributed by atoms with E-state index < -0.39 is 5.91 Å². The van der Waals surface area contributed by atoms with Crippen LogP contribution in [0.4, 0.5) is 0 Å². The number of nitrogens with one attached hydrogen (secondary N) is 2. The van der Waals surface area contributed by atoms with Crippen LogP contribution in [0.15, 0.2) is 58.4 Å². The van der Waals surface area contributed by atoms with Crippen molar-refractivity contribution in [2.24, 2.45) is 5.10 Å². The second-order valence-electron chi connectivity index (χ2n) is 5.78. The van der Waals surface area contributed by atoms with Crippen LogP contribution >= 0.6 is 23.2 Å². The zero-order chi connectivity index (χ0) is 20.1. The largest absolute Gasteiger partial charge is 0.482 e. The highest BCUT2D eigenvalue weighted by Gasteiger charge is 2.11. The maximum atomic E-state index is 12.5. The van der Waals surface area contributed by atoms with Crippen LogP contribution < -0.4 is 15.7 Å². The Labute approximate surface area is 170 Å². The summed E-state index contributed by atoms with van der Waals surface area (Å²) in [7, 11) is 0. The first-order valence-corrected chi connectivity index (χ1v) is 8.98. The van der Waals surface area contributed by atoms with Crippen LogP contribution in [0, 0.1) is 6.92 Å². The molecular formula is C19H16Cl2N4O3. The zero-order valence-corrected chi connectivity index (χ0v) is 16.3. The molecule has 0 aliphatic heterocycles. The first kappa shape index (κ1) is 19.7. The van der Waals surface area contributed by atoms with Gasteiger partial charge in [0, 0.05) is 10.7 Å². The van der Waals surface area contributed by atoms with Crippen molar-refractivity contribution in [3.8, 4) is 11.4 Å². The number of hydrogen-bond acceptors (Lipinski definition) is 4. The Kier molecular flexibility index (Phi) is 6.18. The maximum Gasteiger partial charge on any atom is 0.280 e. The summed E-state index contributed by atoms with van der Waals surface area (Å²) >= 11 is 11.8. The van der Waals surface area contributed by atoms with Gasteiger partial charge in [-0.05, 0) is 37.3 Å². The molecule has 2 N–H and O–H groups in total. The van der Waals surface area contributed by atoms with Crippen LogP contribution in [-0.2, 0) is 4.79 Å². The van der Waals surface area contributed by atoms with E-state index >= 15 is 0 Å². The summed E-state index contributed by atoms with van der Waals surface area (Å²) in [4.78, 5) is 24.4. The van der Waals surface area contributed by atoms with E-state index in [1.165, 1.54) is 17.0 Å². The maximum absolute atomic E-state index is 12.5. The highest BCUT2D eigenvalue weighted by atomic mass is 35.5. The summed E-state index contributed by atoms with van der Waals surface area (Å²) in [6.45, 7) is 1.45. The molecule has 1 amide bonds. The number of carbonyl (C=O) groups excluding carboxylic acids is 1. The van der Waals surface area contributed by atoms with E-state index in [2.05, 4.69) is 15.6 Å². The second kappa shape index (κ2) is 8.77. The Balaban J connectivity index is 1.62. The van der Waals surface area contributed by atoms with Gasteiger partial charge in [-0.3, -0.25) is 14.7 Å². The van der Waals surface area contributed by atoms with E-state index in [0.29, 0.717) is 32.7 Å². The molecule has 1 heterocycles. The van der Waals surface area contributed by atoms with Gasteiger partial charge in [0.2, 0.25) is 0 Å². The fraction of sp³-hybridized carbons (Fsp3) is 0.105. The number of H-pyrrole nitrogens is 1. The van der Waals surface area contributed by atoms with E-state index in [1.807, 2.05) is 18.2 Å². The number of para-hydroxylation sites is 1. The summed E-state index contributed by atoms with van der Waals surface area (Å²) in [6, 6.07) is 13.8. The van der Waals surface area contributed by atoms with E-state index in [9.17, 15) is 9.59 Å². The molecule has 0 aliphatic rings. The minimum atomic E-state index is -0.501. The summed E-state index contributed by atoms with van der Waals surface area (Å²) in [5, 5.41) is 7.57. The number of aromatic nitrogens is 2. The molecule has 9 heteroatoms. The van der Waals surface area contributed by atoms with E-state index in [4.69, 9.17) is 27.9 Å². The third-order valence-corrected chi connectivity index (χ3v) is 4.30. The number of nitrogens with zero attached hydrogens (tertiary/aromatic N) is 2. The van der Waals surface area contributed by atoms with Crippen molar-refractivity contribution in [1.29, 1.82) is 0 Å². The fourth-order valence-electron chi connectivity index (χ4n) is 2.41. The summed E-state index contributed by atoms with van der Waals surface area (Å²) < 4.78 is 6.72. The molecule has 0 unspecified atom stereocenters. The molecule has 0 fully saturated rings. The average Bonchev–Trinajstić information content (AvgIpc) is 2.96. The number of rotatable bonds is 6. The molecule has 0 spiro atoms. The lowest BCUT2D eigenvalue weighted by molar-refractivity contribution is -0.123. The van der Waals surface area contributed by atoms with Gasteiger partial charge in [-0.25, -0.2) is 10.1 Å². The van der Waals surface area contributed by atoms with Crippen molar-refractivity contribution in [2.45, 2.75) is 6.92 Å². The summed E-state index contributed by atoms with van der Waals surface area (Å²) in [6.07, 6.45) is 1.29. The number of hydrogen-bond donors (Lipinski definition) is 2. The standard InChI is InChI=1S/C19H16Cl2N4O3/c1-12-15(19(27)25(24-12)14-5-3-2-4-6-14)10-22-23-18(26)11-28-17-8-7-13(20)9-16(17)21/h2-10,24H,11H2,1H3,(H,23,26). The Morgan fingerprint density at radius 1 is 1.25 bits per heavy atom. The number of ether oxygens (including phenoxy) is 1. The zero-order valence-electron chi connectivity index (χ0n) is 14.8. The minimum Gasteiger partial charge on any atom is -0.482 e. The molecule has 28 heavy (non-hydrogen) atoms. The number of amides is 1. The van der Waals surface area contributed by atoms with Crippen LogP contribution in [0.5, 0.6) is 5.75 Å². The quantitative estimate of drug-likeness (QED) is 0.475. The fourth-order valence-corrected chi connectivity index (χ4v) is 2.87. The predicted molar refractivity (Wildman–Crippen MR) is 109 cm³/mol. The molecular weight excluding hydrogens is 403 g/mol. The number of carbonyl (C=O) groups is 1. The highest BCUT2D eigenvalue weighted by molar-refractivity contribution is 6.35. The number of hydrazone groups is 1. The van der Waals surface area contributed by atoms with Crippen LogP contribution in [0.2, 0.25) is 10.0 Å². The molecule has 0 saturated carbocycles. The molecule has 7 nitrogen and oxygen atoms in total. The van der Waals surface area contributed by atoms with Crippen molar-refractivity contribution in [3.63, 3.8) is 0 Å². The molecule has 1 aromatic heterocycles. The SMILES string of the molecule is Cc1[nH]n(-c2ccccc2)c(=O)c1C=NNC(=O)COc1ccc(Cl)cc1Cl. The number of aromatic amines is 1. The first-order valence-electron chi connectivity index (χ1n) is 8.22. The van der Waals surface area contributed by atoms with Crippen LogP contribution in [0.25, 0.3) is 5.69 Å². The number of aryl methyl sites for hydroxylation is 1. The molecule has 0 saturated heterocycles. The monoisotopic (exact) mass is 418 g/mol. The molecule has 144 valence electrons. The normalized spacial score (nSPS) is 11.0. The van der Waals surface area contributed by atoms with Crippen molar-refractivity contribution in [3.05, 3.63) is 80.2 Å². The number of benzene rings is 2. The molecule has 2 aromatic carbocycles. The lowest BCUT2D eigenvalue weighted by Crippen LogP contribution is -2.25. The van der Waals surface area contributed by atoms with Crippen LogP contribution in [0.3, 0.4) is 0 Å². The lowest BCUT2D eigenvalue weighted by Gasteiger charge is -2.06. The van der Waals surface area contributed by atoms with E-state index in [-0.39, 0.29) is 12.2 Å². The van der Waals surface area contributed by atoms with Crippen molar-refractivity contribution < 1.29 is 9.53 Å². The predicted octanol–water partition coefficient (Wildman–Crippen LogP) is 3.31. The Bertz CT molecular complexity index is 1070. The molecule has 0 atom stereocenters. The average molecular weight is 419 g/mol. The van der Waals surface area contributed by atoms with Gasteiger partial charge in [-0.15, -0.1) is 0 Å². The van der Waals surface area contributed by atoms with Gasteiger partial charge in [0.1, 0.15) is 5.75 Å². The molecule has 3 aromatic rings. The van der Waals surface area contributed by atoms with Crippen LogP contribution in [0.1, 0.15) is 11.3 Å². The topological polar surface area (TPSA) is 88.5 Å². The second-order valence-corrected chi connectivity index (χ2v) is 6.63. The van der Waals surface area contributed by atoms with Crippen molar-refractivity contribution in [1.82, 2.24) is 15.2 Å². The van der Waals surface area contributed by atoms with Gasteiger partial charge in [0.15, 0.2) is 6.61 Å². The first-order chi connectivity index (χ1) is 13.5. The Morgan fingerprint density at radius 3 is 2.71 bits per heavy atom. The van der Waals surface area contributed by atoms with Crippen LogP contribution in [-0.4, -0.2) is 28.5 Å². The smallest absolute Gasteiger partial charge is 0.280 e. The van der Waals surface area contributed by atoms with Gasteiger partial charge >= 0.3 is 0 Å². The van der Waals surface area contributed by atoms with Crippen molar-refractivity contribution in [2.75, 3.05) is 6.61 Å². The minimum absolute atomic E-state index is 0.272. The molecule has 0 radical (unpaired) electrons. The Hall–Kier alpha value is -3.03. The number of halogens is 2. The van der Waals surface area contributed by atoms with Gasteiger partial charge < -0.3 is 4.74 Å². The third kappa shape index (κ3) is 4.62. The lowest BCUT2D eigenvalue weighted by atomic mass is 10.3. The van der Waals surface area contributed by atoms with Gasteiger partial charge in [-0.2, -0.15) is 5.10 Å². The Morgan fingerprint density at radius 2 is 2.00 bits per heavy atom.